The molecule has 9 heteroatoms. The number of aliphatic hydroxyl groups excluding tert-OH is 1. The Labute approximate surface area is 130 Å². The van der Waals surface area contributed by atoms with E-state index in [0.29, 0.717) is 24.0 Å². The van der Waals surface area contributed by atoms with Crippen LogP contribution >= 0.6 is 11.7 Å². The van der Waals surface area contributed by atoms with Crippen LogP contribution in [0.1, 0.15) is 37.4 Å². The van der Waals surface area contributed by atoms with Crippen LogP contribution in [0.3, 0.4) is 0 Å². The summed E-state index contributed by atoms with van der Waals surface area (Å²) >= 11 is 1.01. The molecule has 0 aromatic carbocycles. The maximum atomic E-state index is 12.1. The Morgan fingerprint density at radius 1 is 1.27 bits per heavy atom. The van der Waals surface area contributed by atoms with Gasteiger partial charge < -0.3 is 9.84 Å². The molecule has 1 N–H and O–H groups in total. The van der Waals surface area contributed by atoms with Crippen LogP contribution in [0, 0.1) is 5.92 Å². The molecule has 3 rings (SSSR count). The Kier molecular flexibility index (Phi) is 4.56. The van der Waals surface area contributed by atoms with E-state index in [1.165, 1.54) is 0 Å². The first-order valence-corrected chi connectivity index (χ1v) is 8.11. The van der Waals surface area contributed by atoms with E-state index in [9.17, 15) is 18.3 Å². The van der Waals surface area contributed by atoms with Gasteiger partial charge in [-0.1, -0.05) is 0 Å². The van der Waals surface area contributed by atoms with Crippen molar-refractivity contribution in [3.05, 3.63) is 5.69 Å². The molecule has 4 atom stereocenters. The van der Waals surface area contributed by atoms with Crippen LogP contribution in [-0.4, -0.2) is 50.7 Å². The number of aliphatic hydroxyl groups is 1. The maximum absolute atomic E-state index is 12.1. The molecule has 2 bridgehead atoms. The van der Waals surface area contributed by atoms with E-state index < -0.39 is 12.6 Å². The molecular weight excluding hydrogens is 319 g/mol. The van der Waals surface area contributed by atoms with Gasteiger partial charge in [-0.15, -0.1) is 4.37 Å². The summed E-state index contributed by atoms with van der Waals surface area (Å²) < 4.78 is 50.1. The highest BCUT2D eigenvalue weighted by Gasteiger charge is 2.42. The Morgan fingerprint density at radius 2 is 2.09 bits per heavy atom. The summed E-state index contributed by atoms with van der Waals surface area (Å²) in [6, 6.07) is 0.0461. The van der Waals surface area contributed by atoms with Gasteiger partial charge in [0.25, 0.3) is 5.88 Å². The van der Waals surface area contributed by atoms with Gasteiger partial charge in [-0.2, -0.15) is 17.5 Å². The Morgan fingerprint density at radius 3 is 2.86 bits per heavy atom. The smallest absolute Gasteiger partial charge is 0.389 e. The molecule has 1 aromatic heterocycles. The molecule has 0 spiro atoms. The minimum Gasteiger partial charge on any atom is -0.476 e. The van der Waals surface area contributed by atoms with Gasteiger partial charge in [0.1, 0.15) is 5.69 Å². The fourth-order valence-electron chi connectivity index (χ4n) is 3.22. The molecule has 0 amide bonds. The summed E-state index contributed by atoms with van der Waals surface area (Å²) in [5.74, 6) is 0.663. The molecule has 5 nitrogen and oxygen atoms in total. The number of alkyl halides is 3. The predicted octanol–water partition coefficient (Wildman–Crippen LogP) is 2.39. The van der Waals surface area contributed by atoms with Gasteiger partial charge in [0.15, 0.2) is 0 Å². The highest BCUT2D eigenvalue weighted by atomic mass is 32.1. The van der Waals surface area contributed by atoms with Gasteiger partial charge in [-0.3, -0.25) is 4.90 Å². The van der Waals surface area contributed by atoms with Crippen LogP contribution in [0.2, 0.25) is 0 Å². The van der Waals surface area contributed by atoms with Crippen molar-refractivity contribution in [2.45, 2.75) is 44.0 Å². The second-order valence-corrected chi connectivity index (χ2v) is 6.42. The van der Waals surface area contributed by atoms with E-state index in [4.69, 9.17) is 4.74 Å². The average molecular weight is 337 g/mol. The van der Waals surface area contributed by atoms with Crippen molar-refractivity contribution in [3.8, 4) is 5.88 Å². The normalized spacial score (nSPS) is 31.5. The monoisotopic (exact) mass is 337 g/mol. The van der Waals surface area contributed by atoms with Gasteiger partial charge in [0.05, 0.1) is 30.5 Å². The predicted molar refractivity (Wildman–Crippen MR) is 73.7 cm³/mol. The van der Waals surface area contributed by atoms with Crippen LogP contribution in [0.15, 0.2) is 0 Å². The summed E-state index contributed by atoms with van der Waals surface area (Å²) in [5.41, 5.74) is 0.699. The van der Waals surface area contributed by atoms with E-state index in [-0.39, 0.29) is 25.2 Å². The maximum Gasteiger partial charge on any atom is 0.389 e. The lowest BCUT2D eigenvalue weighted by Crippen LogP contribution is -2.31. The van der Waals surface area contributed by atoms with Crippen molar-refractivity contribution < 1.29 is 23.0 Å². The van der Waals surface area contributed by atoms with E-state index >= 15 is 0 Å². The van der Waals surface area contributed by atoms with Crippen molar-refractivity contribution in [2.75, 3.05) is 19.7 Å². The van der Waals surface area contributed by atoms with Crippen molar-refractivity contribution >= 4 is 11.7 Å². The molecule has 1 aromatic rings. The third-order valence-electron chi connectivity index (χ3n) is 4.33. The van der Waals surface area contributed by atoms with Crippen LogP contribution in [0.25, 0.3) is 0 Å². The number of fused-ring (bicyclic) bond motifs is 2. The molecule has 2 saturated heterocycles. The topological polar surface area (TPSA) is 58.5 Å². The van der Waals surface area contributed by atoms with Crippen molar-refractivity contribution in [1.29, 1.82) is 0 Å². The van der Waals surface area contributed by atoms with Gasteiger partial charge in [-0.25, -0.2) is 0 Å². The van der Waals surface area contributed by atoms with Crippen LogP contribution in [0.5, 0.6) is 5.88 Å². The molecule has 3 heterocycles. The first-order chi connectivity index (χ1) is 10.4. The highest BCUT2D eigenvalue weighted by Crippen LogP contribution is 2.41. The minimum absolute atomic E-state index is 0.0180. The summed E-state index contributed by atoms with van der Waals surface area (Å²) in [4.78, 5) is 2.16. The van der Waals surface area contributed by atoms with Gasteiger partial charge >= 0.3 is 6.18 Å². The summed E-state index contributed by atoms with van der Waals surface area (Å²) in [6.45, 7) is 1.42. The number of hydrogen-bond acceptors (Lipinski definition) is 6. The molecule has 0 radical (unpaired) electrons. The van der Waals surface area contributed by atoms with Crippen LogP contribution in [-0.2, 0) is 0 Å². The van der Waals surface area contributed by atoms with Crippen molar-refractivity contribution in [1.82, 2.24) is 13.6 Å². The van der Waals surface area contributed by atoms with E-state index in [2.05, 4.69) is 13.6 Å². The second-order valence-electron chi connectivity index (χ2n) is 5.90. The lowest BCUT2D eigenvalue weighted by Gasteiger charge is -2.30. The number of aromatic nitrogens is 2. The molecule has 2 aliphatic heterocycles. The molecule has 4 unspecified atom stereocenters. The highest BCUT2D eigenvalue weighted by molar-refractivity contribution is 6.99. The largest absolute Gasteiger partial charge is 0.476 e. The Balaban J connectivity index is 1.58. The van der Waals surface area contributed by atoms with E-state index in [0.717, 1.165) is 31.1 Å². The number of nitrogens with zero attached hydrogens (tertiary/aromatic N) is 3. The van der Waals surface area contributed by atoms with Crippen molar-refractivity contribution in [2.24, 2.45) is 5.92 Å². The van der Waals surface area contributed by atoms with Gasteiger partial charge in [0.2, 0.25) is 0 Å². The first-order valence-electron chi connectivity index (χ1n) is 7.38. The number of piperidine rings is 1. The lowest BCUT2D eigenvalue weighted by molar-refractivity contribution is -0.136. The summed E-state index contributed by atoms with van der Waals surface area (Å²) in [7, 11) is 0. The number of ether oxygens (including phenoxy) is 1. The van der Waals surface area contributed by atoms with Crippen LogP contribution < -0.4 is 4.74 Å². The zero-order valence-electron chi connectivity index (χ0n) is 11.9. The third kappa shape index (κ3) is 3.52. The van der Waals surface area contributed by atoms with Gasteiger partial charge in [-0.05, 0) is 25.2 Å². The SMILES string of the molecule is OC1CN2CC1CCC2c1nsnc1OCCCC(F)(F)F. The molecular formula is C13H18F3N3O2S. The van der Waals surface area contributed by atoms with Crippen molar-refractivity contribution in [3.63, 3.8) is 0 Å². The number of halogens is 3. The van der Waals surface area contributed by atoms with E-state index in [1.54, 1.807) is 0 Å². The molecule has 0 saturated carbocycles. The Hall–Kier alpha value is -0.930. The molecule has 0 aliphatic carbocycles. The quantitative estimate of drug-likeness (QED) is 0.836. The lowest BCUT2D eigenvalue weighted by atomic mass is 9.93. The number of hydrogen-bond donors (Lipinski definition) is 1. The number of rotatable bonds is 5. The second kappa shape index (κ2) is 6.29. The first kappa shape index (κ1) is 15.9. The minimum atomic E-state index is -4.16. The molecule has 22 heavy (non-hydrogen) atoms. The average Bonchev–Trinajstić information content (AvgIpc) is 3.01. The van der Waals surface area contributed by atoms with Crippen LogP contribution in [0.4, 0.5) is 13.2 Å². The molecule has 124 valence electrons. The van der Waals surface area contributed by atoms with Gasteiger partial charge in [0, 0.05) is 19.5 Å². The zero-order chi connectivity index (χ0) is 15.7. The molecule has 2 fully saturated rings. The zero-order valence-corrected chi connectivity index (χ0v) is 12.7. The fraction of sp³-hybridized carbons (Fsp3) is 0.846. The van der Waals surface area contributed by atoms with E-state index in [1.807, 2.05) is 0 Å². The standard InChI is InChI=1S/C13H18F3N3O2S/c14-13(15,16)4-1-5-21-12-11(17-22-18-12)9-3-2-8-6-19(9)7-10(8)20/h8-10,20H,1-7H2. The Bertz CT molecular complexity index is 509. The molecule has 2 aliphatic rings. The third-order valence-corrected chi connectivity index (χ3v) is 4.85. The fourth-order valence-corrected chi connectivity index (χ4v) is 3.77. The summed E-state index contributed by atoms with van der Waals surface area (Å²) in [6.07, 6.45) is -3.61. The summed E-state index contributed by atoms with van der Waals surface area (Å²) in [5, 5.41) is 9.92.